The molecule has 0 saturated carbocycles. The Bertz CT molecular complexity index is 328. The second-order valence-electron chi connectivity index (χ2n) is 3.13. The van der Waals surface area contributed by atoms with Crippen molar-refractivity contribution >= 4 is 5.82 Å². The standard InChI is InChI=1S/C9H13F3N4O/c10-9(11,12)7-1-2-8(16-15-7)14-4-6-17-5-3-13/h1-2H,3-6,13H2,(H,14,16). The quantitative estimate of drug-likeness (QED) is 0.733. The van der Waals surface area contributed by atoms with Crippen LogP contribution in [0, 0.1) is 0 Å². The second-order valence-corrected chi connectivity index (χ2v) is 3.13. The molecule has 0 bridgehead atoms. The monoisotopic (exact) mass is 250 g/mol. The van der Waals surface area contributed by atoms with Crippen LogP contribution in [0.3, 0.4) is 0 Å². The third-order valence-electron chi connectivity index (χ3n) is 1.77. The first-order valence-electron chi connectivity index (χ1n) is 4.96. The molecule has 3 N–H and O–H groups in total. The van der Waals surface area contributed by atoms with Crippen molar-refractivity contribution in [2.45, 2.75) is 6.18 Å². The lowest BCUT2D eigenvalue weighted by molar-refractivity contribution is -0.141. The van der Waals surface area contributed by atoms with Gasteiger partial charge in [-0.15, -0.1) is 10.2 Å². The summed E-state index contributed by atoms with van der Waals surface area (Å²) in [6, 6.07) is 2.09. The molecule has 0 atom stereocenters. The predicted molar refractivity (Wildman–Crippen MR) is 55.4 cm³/mol. The fourth-order valence-electron chi connectivity index (χ4n) is 1.01. The van der Waals surface area contributed by atoms with Gasteiger partial charge in [-0.2, -0.15) is 13.2 Å². The average Bonchev–Trinajstić information content (AvgIpc) is 2.28. The van der Waals surface area contributed by atoms with Gasteiger partial charge in [0.25, 0.3) is 0 Å². The molecule has 1 rings (SSSR count). The first-order valence-corrected chi connectivity index (χ1v) is 4.96. The molecule has 0 spiro atoms. The maximum atomic E-state index is 12.2. The maximum absolute atomic E-state index is 12.2. The van der Waals surface area contributed by atoms with Crippen LogP contribution in [0.2, 0.25) is 0 Å². The number of nitrogens with one attached hydrogen (secondary N) is 1. The molecule has 0 fully saturated rings. The smallest absolute Gasteiger partial charge is 0.378 e. The van der Waals surface area contributed by atoms with E-state index >= 15 is 0 Å². The molecule has 0 aliphatic heterocycles. The molecule has 1 aromatic rings. The van der Waals surface area contributed by atoms with Gasteiger partial charge < -0.3 is 15.8 Å². The Morgan fingerprint density at radius 3 is 2.53 bits per heavy atom. The van der Waals surface area contributed by atoms with Gasteiger partial charge in [0.1, 0.15) is 5.82 Å². The SMILES string of the molecule is NCCOCCNc1ccc(C(F)(F)F)nn1. The van der Waals surface area contributed by atoms with Gasteiger partial charge in [0, 0.05) is 13.1 Å². The highest BCUT2D eigenvalue weighted by molar-refractivity contribution is 5.33. The van der Waals surface area contributed by atoms with Gasteiger partial charge in [-0.25, -0.2) is 0 Å². The Kier molecular flexibility index (Phi) is 5.11. The van der Waals surface area contributed by atoms with E-state index in [-0.39, 0.29) is 5.82 Å². The lowest BCUT2D eigenvalue weighted by Gasteiger charge is -2.07. The van der Waals surface area contributed by atoms with Gasteiger partial charge in [-0.1, -0.05) is 0 Å². The molecule has 96 valence electrons. The number of ether oxygens (including phenoxy) is 1. The number of halogens is 3. The summed E-state index contributed by atoms with van der Waals surface area (Å²) in [7, 11) is 0. The fraction of sp³-hybridized carbons (Fsp3) is 0.556. The van der Waals surface area contributed by atoms with Crippen molar-refractivity contribution in [2.24, 2.45) is 5.73 Å². The zero-order valence-corrected chi connectivity index (χ0v) is 9.00. The highest BCUT2D eigenvalue weighted by Crippen LogP contribution is 2.26. The Balaban J connectivity index is 2.36. The molecule has 8 heteroatoms. The third-order valence-corrected chi connectivity index (χ3v) is 1.77. The summed E-state index contributed by atoms with van der Waals surface area (Å²) in [4.78, 5) is 0. The summed E-state index contributed by atoms with van der Waals surface area (Å²) in [5.41, 5.74) is 4.19. The molecule has 0 saturated heterocycles. The van der Waals surface area contributed by atoms with Crippen LogP contribution < -0.4 is 11.1 Å². The van der Waals surface area contributed by atoms with E-state index in [9.17, 15) is 13.2 Å². The summed E-state index contributed by atoms with van der Waals surface area (Å²) < 4.78 is 41.5. The van der Waals surface area contributed by atoms with E-state index in [1.165, 1.54) is 6.07 Å². The number of rotatable bonds is 6. The predicted octanol–water partition coefficient (Wildman–Crippen LogP) is 0.883. The van der Waals surface area contributed by atoms with Crippen molar-refractivity contribution in [1.29, 1.82) is 0 Å². The van der Waals surface area contributed by atoms with Crippen LogP contribution >= 0.6 is 0 Å². The number of nitrogens with two attached hydrogens (primary N) is 1. The molecular formula is C9H13F3N4O. The maximum Gasteiger partial charge on any atom is 0.435 e. The van der Waals surface area contributed by atoms with Crippen molar-refractivity contribution in [2.75, 3.05) is 31.6 Å². The van der Waals surface area contributed by atoms with Gasteiger partial charge in [0.15, 0.2) is 5.69 Å². The van der Waals surface area contributed by atoms with E-state index < -0.39 is 11.9 Å². The minimum Gasteiger partial charge on any atom is -0.378 e. The molecular weight excluding hydrogens is 237 g/mol. The van der Waals surface area contributed by atoms with Gasteiger partial charge >= 0.3 is 6.18 Å². The second kappa shape index (κ2) is 6.36. The zero-order chi connectivity index (χ0) is 12.7. The van der Waals surface area contributed by atoms with Crippen molar-refractivity contribution < 1.29 is 17.9 Å². The van der Waals surface area contributed by atoms with Crippen LogP contribution in [0.1, 0.15) is 5.69 Å². The van der Waals surface area contributed by atoms with E-state index in [0.717, 1.165) is 6.07 Å². The summed E-state index contributed by atoms with van der Waals surface area (Å²) in [5, 5.41) is 9.24. The van der Waals surface area contributed by atoms with Crippen molar-refractivity contribution in [3.05, 3.63) is 17.8 Å². The normalized spacial score (nSPS) is 11.5. The van der Waals surface area contributed by atoms with Crippen LogP contribution in [0.5, 0.6) is 0 Å². The van der Waals surface area contributed by atoms with E-state index in [0.29, 0.717) is 26.3 Å². The number of hydrogen-bond donors (Lipinski definition) is 2. The Morgan fingerprint density at radius 1 is 1.24 bits per heavy atom. The third kappa shape index (κ3) is 4.96. The number of anilines is 1. The first kappa shape index (κ1) is 13.7. The largest absolute Gasteiger partial charge is 0.435 e. The number of aromatic nitrogens is 2. The van der Waals surface area contributed by atoms with Crippen LogP contribution in [-0.4, -0.2) is 36.5 Å². The number of hydrogen-bond acceptors (Lipinski definition) is 5. The van der Waals surface area contributed by atoms with Crippen molar-refractivity contribution in [3.63, 3.8) is 0 Å². The van der Waals surface area contributed by atoms with Gasteiger partial charge in [0.2, 0.25) is 0 Å². The summed E-state index contributed by atoms with van der Waals surface area (Å²) in [6.07, 6.45) is -4.46. The molecule has 0 aromatic carbocycles. The summed E-state index contributed by atoms with van der Waals surface area (Å²) >= 11 is 0. The summed E-state index contributed by atoms with van der Waals surface area (Å²) in [6.45, 7) is 1.71. The van der Waals surface area contributed by atoms with Crippen LogP contribution in [0.25, 0.3) is 0 Å². The Hall–Kier alpha value is -1.41. The molecule has 0 unspecified atom stereocenters. The van der Waals surface area contributed by atoms with Crippen LogP contribution in [0.4, 0.5) is 19.0 Å². The van der Waals surface area contributed by atoms with E-state index in [4.69, 9.17) is 10.5 Å². The van der Waals surface area contributed by atoms with Crippen LogP contribution in [-0.2, 0) is 10.9 Å². The molecule has 0 radical (unpaired) electrons. The number of alkyl halides is 3. The van der Waals surface area contributed by atoms with Crippen molar-refractivity contribution in [1.82, 2.24) is 10.2 Å². The van der Waals surface area contributed by atoms with Gasteiger partial charge in [0.05, 0.1) is 13.2 Å². The molecule has 1 aromatic heterocycles. The molecule has 0 aliphatic rings. The van der Waals surface area contributed by atoms with Gasteiger partial charge in [-0.3, -0.25) is 0 Å². The molecule has 1 heterocycles. The van der Waals surface area contributed by atoms with Crippen LogP contribution in [0.15, 0.2) is 12.1 Å². The van der Waals surface area contributed by atoms with E-state index in [1.54, 1.807) is 0 Å². The topological polar surface area (TPSA) is 73.1 Å². The molecule has 0 aliphatic carbocycles. The molecule has 0 amide bonds. The lowest BCUT2D eigenvalue weighted by Crippen LogP contribution is -2.15. The minimum absolute atomic E-state index is 0.273. The lowest BCUT2D eigenvalue weighted by atomic mass is 10.4. The number of nitrogens with zero attached hydrogens (tertiary/aromatic N) is 2. The average molecular weight is 250 g/mol. The first-order chi connectivity index (χ1) is 8.04. The van der Waals surface area contributed by atoms with Crippen molar-refractivity contribution in [3.8, 4) is 0 Å². The highest BCUT2D eigenvalue weighted by atomic mass is 19.4. The highest BCUT2D eigenvalue weighted by Gasteiger charge is 2.32. The Morgan fingerprint density at radius 2 is 2.00 bits per heavy atom. The fourth-order valence-corrected chi connectivity index (χ4v) is 1.01. The molecule has 17 heavy (non-hydrogen) atoms. The van der Waals surface area contributed by atoms with E-state index in [2.05, 4.69) is 15.5 Å². The minimum atomic E-state index is -4.46. The van der Waals surface area contributed by atoms with Gasteiger partial charge in [-0.05, 0) is 12.1 Å². The summed E-state index contributed by atoms with van der Waals surface area (Å²) in [5.74, 6) is 0.273. The zero-order valence-electron chi connectivity index (χ0n) is 9.00. The Labute approximate surface area is 96.2 Å². The molecule has 5 nitrogen and oxygen atoms in total. The van der Waals surface area contributed by atoms with E-state index in [1.807, 2.05) is 0 Å².